The summed E-state index contributed by atoms with van der Waals surface area (Å²) in [6, 6.07) is 10.8. The molecule has 25 heavy (non-hydrogen) atoms. The zero-order valence-electron chi connectivity index (χ0n) is 14.7. The van der Waals surface area contributed by atoms with E-state index in [0.717, 1.165) is 11.3 Å². The molecule has 0 atom stereocenters. The minimum Gasteiger partial charge on any atom is -0.493 e. The Kier molecular flexibility index (Phi) is 5.94. The van der Waals surface area contributed by atoms with Crippen molar-refractivity contribution in [3.8, 4) is 11.5 Å². The van der Waals surface area contributed by atoms with Crippen molar-refractivity contribution < 1.29 is 14.4 Å². The van der Waals surface area contributed by atoms with Crippen LogP contribution in [0, 0.1) is 17.0 Å². The molecule has 0 radical (unpaired) electrons. The largest absolute Gasteiger partial charge is 0.493 e. The number of nitrogens with zero attached hydrogens (tertiary/aromatic N) is 3. The van der Waals surface area contributed by atoms with Gasteiger partial charge in [0.2, 0.25) is 0 Å². The van der Waals surface area contributed by atoms with Gasteiger partial charge in [-0.3, -0.25) is 15.1 Å². The predicted octanol–water partition coefficient (Wildman–Crippen LogP) is 3.78. The Bertz CT molecular complexity index is 773. The van der Waals surface area contributed by atoms with Crippen molar-refractivity contribution >= 4 is 17.6 Å². The highest BCUT2D eigenvalue weighted by molar-refractivity contribution is 5.87. The molecule has 0 amide bonds. The highest BCUT2D eigenvalue weighted by Crippen LogP contribution is 2.33. The van der Waals surface area contributed by atoms with Crippen LogP contribution in [0.1, 0.15) is 18.1 Å². The number of hydrogen-bond donors (Lipinski definition) is 0. The molecule has 0 aromatic heterocycles. The first-order valence-corrected chi connectivity index (χ1v) is 7.78. The van der Waals surface area contributed by atoms with Gasteiger partial charge in [-0.1, -0.05) is 17.7 Å². The normalized spacial score (nSPS) is 10.7. The van der Waals surface area contributed by atoms with Crippen LogP contribution in [0.3, 0.4) is 0 Å². The number of ether oxygens (including phenoxy) is 2. The zero-order valence-corrected chi connectivity index (χ0v) is 14.7. The summed E-state index contributed by atoms with van der Waals surface area (Å²) in [4.78, 5) is 10.9. The molecule has 0 saturated carbocycles. The van der Waals surface area contributed by atoms with E-state index in [1.807, 2.05) is 38.1 Å². The number of nitro benzene ring substituents is 1. The van der Waals surface area contributed by atoms with Gasteiger partial charge in [-0.15, -0.1) is 0 Å². The van der Waals surface area contributed by atoms with Gasteiger partial charge in [0.05, 0.1) is 42.7 Å². The lowest BCUT2D eigenvalue weighted by Crippen LogP contribution is -2.15. The molecule has 0 aliphatic rings. The molecule has 0 fully saturated rings. The Hall–Kier alpha value is -3.09. The van der Waals surface area contributed by atoms with E-state index in [4.69, 9.17) is 9.47 Å². The van der Waals surface area contributed by atoms with Crippen LogP contribution in [0.5, 0.6) is 11.5 Å². The molecule has 7 nitrogen and oxygen atoms in total. The molecule has 2 aromatic carbocycles. The van der Waals surface area contributed by atoms with Crippen LogP contribution in [0.2, 0.25) is 0 Å². The third kappa shape index (κ3) is 4.26. The van der Waals surface area contributed by atoms with Crippen molar-refractivity contribution in [3.05, 3.63) is 57.6 Å². The van der Waals surface area contributed by atoms with E-state index in [-0.39, 0.29) is 5.69 Å². The van der Waals surface area contributed by atoms with Crippen LogP contribution in [-0.2, 0) is 0 Å². The number of hydrogen-bond acceptors (Lipinski definition) is 6. The van der Waals surface area contributed by atoms with Crippen LogP contribution in [-0.4, -0.2) is 31.9 Å². The van der Waals surface area contributed by atoms with Crippen molar-refractivity contribution in [2.24, 2.45) is 5.10 Å². The minimum absolute atomic E-state index is 0.0960. The number of aryl methyl sites for hydroxylation is 1. The first kappa shape index (κ1) is 18.3. The molecule has 0 aliphatic heterocycles. The quantitative estimate of drug-likeness (QED) is 0.434. The van der Waals surface area contributed by atoms with Gasteiger partial charge in [0.15, 0.2) is 11.5 Å². The monoisotopic (exact) mass is 343 g/mol. The van der Waals surface area contributed by atoms with E-state index < -0.39 is 4.92 Å². The van der Waals surface area contributed by atoms with Gasteiger partial charge in [0, 0.05) is 6.54 Å². The Morgan fingerprint density at radius 3 is 2.28 bits per heavy atom. The maximum atomic E-state index is 11.3. The summed E-state index contributed by atoms with van der Waals surface area (Å²) >= 11 is 0. The summed E-state index contributed by atoms with van der Waals surface area (Å²) in [7, 11) is 2.92. The summed E-state index contributed by atoms with van der Waals surface area (Å²) in [6.07, 6.45) is 1.46. The number of methoxy groups -OCH3 is 2. The van der Waals surface area contributed by atoms with Gasteiger partial charge in [-0.2, -0.15) is 5.10 Å². The summed E-state index contributed by atoms with van der Waals surface area (Å²) in [6.45, 7) is 4.59. The molecule has 0 N–H and O–H groups in total. The van der Waals surface area contributed by atoms with Gasteiger partial charge in [0.1, 0.15) is 0 Å². The average Bonchev–Trinajstić information content (AvgIpc) is 2.62. The first-order valence-electron chi connectivity index (χ1n) is 7.78. The molecule has 2 aromatic rings. The maximum absolute atomic E-state index is 11.3. The fraction of sp³-hybridized carbons (Fsp3) is 0.278. The van der Waals surface area contributed by atoms with E-state index in [0.29, 0.717) is 23.6 Å². The van der Waals surface area contributed by atoms with Crippen molar-refractivity contribution in [1.82, 2.24) is 0 Å². The van der Waals surface area contributed by atoms with Gasteiger partial charge < -0.3 is 9.47 Å². The molecule has 2 rings (SSSR count). The summed E-state index contributed by atoms with van der Waals surface area (Å²) in [5.74, 6) is 0.713. The van der Waals surface area contributed by atoms with E-state index in [9.17, 15) is 10.1 Å². The Morgan fingerprint density at radius 1 is 1.16 bits per heavy atom. The summed E-state index contributed by atoms with van der Waals surface area (Å²) < 4.78 is 10.3. The molecule has 0 spiro atoms. The average molecular weight is 343 g/mol. The van der Waals surface area contributed by atoms with Crippen molar-refractivity contribution in [3.63, 3.8) is 0 Å². The highest BCUT2D eigenvalue weighted by Gasteiger charge is 2.18. The molecule has 0 saturated heterocycles. The molecule has 132 valence electrons. The van der Waals surface area contributed by atoms with Gasteiger partial charge in [0.25, 0.3) is 5.69 Å². The maximum Gasteiger partial charge on any atom is 0.282 e. The summed E-state index contributed by atoms with van der Waals surface area (Å²) in [5.41, 5.74) is 2.31. The Morgan fingerprint density at radius 2 is 1.76 bits per heavy atom. The molecular weight excluding hydrogens is 322 g/mol. The second kappa shape index (κ2) is 8.14. The fourth-order valence-corrected chi connectivity index (χ4v) is 2.33. The SMILES string of the molecule is CCN(/N=C\c1cc(OC)c(OC)cc1[N+](=O)[O-])c1ccc(C)cc1. The van der Waals surface area contributed by atoms with Crippen molar-refractivity contribution in [1.29, 1.82) is 0 Å². The number of anilines is 1. The molecule has 0 heterocycles. The lowest BCUT2D eigenvalue weighted by atomic mass is 10.1. The molecular formula is C18H21N3O4. The van der Waals surface area contributed by atoms with Crippen LogP contribution in [0.4, 0.5) is 11.4 Å². The zero-order chi connectivity index (χ0) is 18.4. The third-order valence-corrected chi connectivity index (χ3v) is 3.70. The van der Waals surface area contributed by atoms with E-state index >= 15 is 0 Å². The number of rotatable bonds is 7. The lowest BCUT2D eigenvalue weighted by Gasteiger charge is -2.17. The number of nitro groups is 1. The van der Waals surface area contributed by atoms with Gasteiger partial charge in [-0.05, 0) is 32.0 Å². The van der Waals surface area contributed by atoms with E-state index in [2.05, 4.69) is 5.10 Å². The molecule has 0 bridgehead atoms. The Labute approximate surface area is 146 Å². The van der Waals surface area contributed by atoms with E-state index in [1.54, 1.807) is 11.1 Å². The van der Waals surface area contributed by atoms with Crippen LogP contribution in [0.15, 0.2) is 41.5 Å². The molecule has 0 unspecified atom stereocenters. The van der Waals surface area contributed by atoms with Crippen LogP contribution >= 0.6 is 0 Å². The van der Waals surface area contributed by atoms with Gasteiger partial charge in [-0.25, -0.2) is 0 Å². The minimum atomic E-state index is -0.467. The second-order valence-corrected chi connectivity index (χ2v) is 5.32. The topological polar surface area (TPSA) is 77.2 Å². The van der Waals surface area contributed by atoms with Crippen LogP contribution in [0.25, 0.3) is 0 Å². The molecule has 0 aliphatic carbocycles. The van der Waals surface area contributed by atoms with E-state index in [1.165, 1.54) is 26.5 Å². The second-order valence-electron chi connectivity index (χ2n) is 5.32. The number of hydrazone groups is 1. The third-order valence-electron chi connectivity index (χ3n) is 3.70. The van der Waals surface area contributed by atoms with Crippen molar-refractivity contribution in [2.75, 3.05) is 25.8 Å². The molecule has 7 heteroatoms. The predicted molar refractivity (Wildman–Crippen MR) is 98.0 cm³/mol. The standard InChI is InChI=1S/C18H21N3O4/c1-5-20(15-8-6-13(2)7-9-15)19-12-14-10-17(24-3)18(25-4)11-16(14)21(22)23/h6-12H,5H2,1-4H3/b19-12-. The number of benzene rings is 2. The fourth-order valence-electron chi connectivity index (χ4n) is 2.33. The first-order chi connectivity index (χ1) is 12.0. The smallest absolute Gasteiger partial charge is 0.282 e. The Balaban J connectivity index is 2.40. The van der Waals surface area contributed by atoms with Gasteiger partial charge >= 0.3 is 0 Å². The summed E-state index contributed by atoms with van der Waals surface area (Å²) in [5, 5.41) is 17.5. The van der Waals surface area contributed by atoms with Crippen molar-refractivity contribution in [2.45, 2.75) is 13.8 Å². The highest BCUT2D eigenvalue weighted by atomic mass is 16.6. The lowest BCUT2D eigenvalue weighted by molar-refractivity contribution is -0.385. The van der Waals surface area contributed by atoms with Crippen LogP contribution < -0.4 is 14.5 Å².